The third-order valence-corrected chi connectivity index (χ3v) is 39.6. The lowest BCUT2D eigenvalue weighted by atomic mass is 10.1. The first kappa shape index (κ1) is 31.2. The largest absolute Gasteiger partial charge is 0.0622 e. The second kappa shape index (κ2) is 16.5. The predicted molar refractivity (Wildman–Crippen MR) is 202 cm³/mol. The average molecular weight is 653 g/mol. The molecule has 0 nitrogen and oxygen atoms in total. The van der Waals surface area contributed by atoms with Gasteiger partial charge in [-0.3, -0.25) is 0 Å². The van der Waals surface area contributed by atoms with Crippen LogP contribution in [0.5, 0.6) is 0 Å². The summed E-state index contributed by atoms with van der Waals surface area (Å²) in [5.41, 5.74) is 0. The molecule has 1 aliphatic rings. The van der Waals surface area contributed by atoms with Crippen LogP contribution in [0.4, 0.5) is 0 Å². The van der Waals surface area contributed by atoms with Gasteiger partial charge in [0, 0.05) is 0 Å². The molecule has 0 saturated carbocycles. The Balaban J connectivity index is 1.64. The Bertz CT molecular complexity index is 1390. The second-order valence-electron chi connectivity index (χ2n) is 10.9. The van der Waals surface area contributed by atoms with Gasteiger partial charge in [-0.1, -0.05) is 177 Å². The third kappa shape index (κ3) is 8.10. The molecular weight excluding hydrogens is 611 g/mol. The van der Waals surface area contributed by atoms with E-state index in [1.165, 1.54) is 50.8 Å². The van der Waals surface area contributed by atoms with Gasteiger partial charge >= 0.3 is 0 Å². The summed E-state index contributed by atoms with van der Waals surface area (Å²) in [5, 5.41) is 8.06. The fourth-order valence-corrected chi connectivity index (χ4v) is 48.6. The quantitative estimate of drug-likeness (QED) is 0.166. The zero-order chi connectivity index (χ0) is 29.1. The van der Waals surface area contributed by atoms with E-state index in [9.17, 15) is 0 Å². The zero-order valence-corrected chi connectivity index (χ0v) is 29.3. The van der Waals surface area contributed by atoms with Crippen molar-refractivity contribution >= 4 is 63.6 Å². The third-order valence-electron chi connectivity index (χ3n) is 7.88. The van der Waals surface area contributed by atoms with Crippen molar-refractivity contribution in [2.75, 3.05) is 12.3 Å². The van der Waals surface area contributed by atoms with E-state index >= 15 is 0 Å². The number of hydrogen-bond donors (Lipinski definition) is 0. The molecule has 43 heavy (non-hydrogen) atoms. The van der Waals surface area contributed by atoms with Crippen molar-refractivity contribution < 1.29 is 0 Å². The van der Waals surface area contributed by atoms with Crippen LogP contribution in [0.3, 0.4) is 0 Å². The zero-order valence-electron chi connectivity index (χ0n) is 24.8. The van der Waals surface area contributed by atoms with E-state index in [1.54, 1.807) is 26.5 Å². The molecule has 6 rings (SSSR count). The van der Waals surface area contributed by atoms with Crippen molar-refractivity contribution in [2.45, 2.75) is 38.5 Å². The summed E-state index contributed by atoms with van der Waals surface area (Å²) >= 11 is 0. The van der Waals surface area contributed by atoms with Crippen molar-refractivity contribution in [3.8, 4) is 0 Å². The minimum atomic E-state index is -0.487. The molecule has 218 valence electrons. The number of rotatable bonds is 5. The van der Waals surface area contributed by atoms with Crippen molar-refractivity contribution in [3.63, 3.8) is 0 Å². The fraction of sp³-hybridized carbons (Fsp3) is 0.211. The first-order chi connectivity index (χ1) is 21.4. The van der Waals surface area contributed by atoms with E-state index in [0.29, 0.717) is 0 Å². The minimum Gasteiger partial charge on any atom is -0.0622 e. The van der Waals surface area contributed by atoms with Crippen LogP contribution in [-0.4, -0.2) is 12.3 Å². The van der Waals surface area contributed by atoms with E-state index in [0.717, 1.165) is 0 Å². The molecule has 1 fully saturated rings. The molecule has 0 bridgehead atoms. The highest BCUT2D eigenvalue weighted by atomic mass is 32.8. The summed E-state index contributed by atoms with van der Waals surface area (Å²) in [6, 6.07) is 58.9. The SMILES string of the molecule is c1ccc(P2CCCCCCCCP(c3ccccc3)P(c3ccccc3)P(c3ccccc3)P2c2ccccc2)cc1. The Kier molecular flexibility index (Phi) is 12.0. The Morgan fingerprint density at radius 1 is 0.256 bits per heavy atom. The number of benzene rings is 5. The summed E-state index contributed by atoms with van der Waals surface area (Å²) in [6.07, 6.45) is 10.9. The molecule has 0 amide bonds. The van der Waals surface area contributed by atoms with Crippen LogP contribution in [0.25, 0.3) is 0 Å². The van der Waals surface area contributed by atoms with Gasteiger partial charge in [-0.15, -0.1) is 0 Å². The topological polar surface area (TPSA) is 0 Å². The van der Waals surface area contributed by atoms with Gasteiger partial charge in [-0.25, -0.2) is 0 Å². The van der Waals surface area contributed by atoms with Gasteiger partial charge in [0.2, 0.25) is 0 Å². The highest BCUT2D eigenvalue weighted by Crippen LogP contribution is 3.01. The van der Waals surface area contributed by atoms with Gasteiger partial charge in [-0.05, 0) is 88.8 Å². The van der Waals surface area contributed by atoms with Gasteiger partial charge in [0.25, 0.3) is 0 Å². The number of hydrogen-bond acceptors (Lipinski definition) is 0. The first-order valence-corrected chi connectivity index (χ1v) is 25.5. The van der Waals surface area contributed by atoms with Gasteiger partial charge in [0.1, 0.15) is 0 Å². The standard InChI is InChI=1S/C38H41P5/c1-2-4-21-33-40(35-24-12-6-13-25-35)42(37-28-16-8-17-29-37)43(38-30-18-9-19-31-38)41(36-26-14-7-15-27-36)39(32-20-3-1)34-22-10-5-11-23-34/h5-19,22-31H,1-4,20-21,32-33H2. The van der Waals surface area contributed by atoms with Crippen LogP contribution in [0.1, 0.15) is 38.5 Å². The van der Waals surface area contributed by atoms with Gasteiger partial charge in [-0.2, -0.15) is 0 Å². The lowest BCUT2D eigenvalue weighted by Crippen LogP contribution is -2.14. The molecule has 5 aromatic rings. The van der Waals surface area contributed by atoms with Crippen LogP contribution < -0.4 is 26.5 Å². The summed E-state index contributed by atoms with van der Waals surface area (Å²) in [5.74, 6) is 0. The smallest absolute Gasteiger partial charge is 0.00636 e. The summed E-state index contributed by atoms with van der Waals surface area (Å²) in [7, 11) is -2.11. The molecular formula is C38H41P5. The van der Waals surface area contributed by atoms with Crippen molar-refractivity contribution in [1.29, 1.82) is 0 Å². The molecule has 1 aliphatic heterocycles. The van der Waals surface area contributed by atoms with Crippen LogP contribution >= 0.6 is 37.1 Å². The molecule has 1 saturated heterocycles. The highest BCUT2D eigenvalue weighted by Gasteiger charge is 2.41. The van der Waals surface area contributed by atoms with E-state index in [1.807, 2.05) is 0 Å². The van der Waals surface area contributed by atoms with E-state index in [-0.39, 0.29) is 15.2 Å². The summed E-state index contributed by atoms with van der Waals surface area (Å²) in [6.45, 7) is 0. The minimum absolute atomic E-state index is 0.356. The van der Waals surface area contributed by atoms with E-state index in [2.05, 4.69) is 152 Å². The Hall–Kier alpha value is -1.75. The van der Waals surface area contributed by atoms with E-state index < -0.39 is 21.9 Å². The monoisotopic (exact) mass is 652 g/mol. The average Bonchev–Trinajstić information content (AvgIpc) is 3.10. The van der Waals surface area contributed by atoms with Crippen LogP contribution in [0, 0.1) is 0 Å². The lowest BCUT2D eigenvalue weighted by molar-refractivity contribution is 0.628. The maximum atomic E-state index is 2.50. The maximum Gasteiger partial charge on any atom is -0.00636 e. The molecule has 0 N–H and O–H groups in total. The van der Waals surface area contributed by atoms with Crippen LogP contribution in [0.2, 0.25) is 0 Å². The van der Waals surface area contributed by atoms with Crippen molar-refractivity contribution in [2.24, 2.45) is 0 Å². The molecule has 0 aromatic heterocycles. The summed E-state index contributed by atoms with van der Waals surface area (Å²) in [4.78, 5) is 0. The molecule has 0 radical (unpaired) electrons. The Morgan fingerprint density at radius 3 is 0.837 bits per heavy atom. The molecule has 0 aliphatic carbocycles. The van der Waals surface area contributed by atoms with E-state index in [4.69, 9.17) is 0 Å². The predicted octanol–water partition coefficient (Wildman–Crippen LogP) is 11.0. The second-order valence-corrected chi connectivity index (χ2v) is 30.7. The fourth-order valence-electron chi connectivity index (χ4n) is 5.78. The molecule has 5 heteroatoms. The molecule has 0 spiro atoms. The van der Waals surface area contributed by atoms with Crippen molar-refractivity contribution in [1.82, 2.24) is 0 Å². The normalized spacial score (nSPS) is 23.8. The van der Waals surface area contributed by atoms with Crippen LogP contribution in [0.15, 0.2) is 152 Å². The Morgan fingerprint density at radius 2 is 0.512 bits per heavy atom. The first-order valence-electron chi connectivity index (χ1n) is 15.6. The van der Waals surface area contributed by atoms with Gasteiger partial charge in [0.15, 0.2) is 0 Å². The lowest BCUT2D eigenvalue weighted by Gasteiger charge is -2.43. The highest BCUT2D eigenvalue weighted by molar-refractivity contribution is 8.90. The Labute approximate surface area is 265 Å². The van der Waals surface area contributed by atoms with Crippen molar-refractivity contribution in [3.05, 3.63) is 152 Å². The van der Waals surface area contributed by atoms with Crippen LogP contribution in [-0.2, 0) is 0 Å². The van der Waals surface area contributed by atoms with Gasteiger partial charge < -0.3 is 0 Å². The molecule has 5 aromatic carbocycles. The molecule has 1 heterocycles. The van der Waals surface area contributed by atoms with Gasteiger partial charge in [0.05, 0.1) is 0 Å². The molecule has 4 atom stereocenters. The summed E-state index contributed by atoms with van der Waals surface area (Å²) < 4.78 is 0. The maximum absolute atomic E-state index is 2.50. The molecule has 4 unspecified atom stereocenters.